The van der Waals surface area contributed by atoms with Crippen molar-refractivity contribution in [2.75, 3.05) is 24.5 Å². The number of β-amino-alcohol motifs (C(OH)–C–C–N with tert-alkyl or cyclic N) is 1. The predicted molar refractivity (Wildman–Crippen MR) is 88.4 cm³/mol. The quantitative estimate of drug-likeness (QED) is 0.889. The number of hydrogen-bond donors (Lipinski definition) is 2. The number of hydrogen-bond acceptors (Lipinski definition) is 4. The van der Waals surface area contributed by atoms with Crippen LogP contribution in [0.2, 0.25) is 0 Å². The van der Waals surface area contributed by atoms with E-state index in [0.29, 0.717) is 18.7 Å². The number of nitrogens with one attached hydrogen (secondary N) is 1. The Labute approximate surface area is 135 Å². The van der Waals surface area contributed by atoms with Crippen LogP contribution in [-0.2, 0) is 7.05 Å². The first-order chi connectivity index (χ1) is 11.1. The number of nitrogens with zero attached hydrogens (tertiary/aromatic N) is 3. The average Bonchev–Trinajstić information content (AvgIpc) is 3.00. The van der Waals surface area contributed by atoms with Crippen LogP contribution in [0.3, 0.4) is 0 Å². The van der Waals surface area contributed by atoms with Crippen molar-refractivity contribution in [3.8, 4) is 0 Å². The zero-order chi connectivity index (χ0) is 16.3. The Hall–Kier alpha value is -2.34. The smallest absolute Gasteiger partial charge is 0.267 e. The van der Waals surface area contributed by atoms with Crippen molar-refractivity contribution in [2.24, 2.45) is 7.05 Å². The molecule has 23 heavy (non-hydrogen) atoms. The molecule has 1 aliphatic rings. The molecule has 6 nitrogen and oxygen atoms in total. The molecule has 0 bridgehead atoms. The summed E-state index contributed by atoms with van der Waals surface area (Å²) in [6, 6.07) is 9.34. The van der Waals surface area contributed by atoms with Gasteiger partial charge in [-0.3, -0.25) is 4.79 Å². The lowest BCUT2D eigenvalue weighted by Crippen LogP contribution is -2.54. The third-order valence-corrected chi connectivity index (χ3v) is 4.28. The van der Waals surface area contributed by atoms with E-state index in [4.69, 9.17) is 0 Å². The topological polar surface area (TPSA) is 70.4 Å². The molecule has 1 aliphatic heterocycles. The summed E-state index contributed by atoms with van der Waals surface area (Å²) in [5, 5.41) is 13.7. The van der Waals surface area contributed by atoms with Crippen molar-refractivity contribution < 1.29 is 9.90 Å². The fourth-order valence-corrected chi connectivity index (χ4v) is 3.03. The Morgan fingerprint density at radius 3 is 2.96 bits per heavy atom. The van der Waals surface area contributed by atoms with Gasteiger partial charge < -0.3 is 19.9 Å². The van der Waals surface area contributed by atoms with Crippen LogP contribution in [-0.4, -0.2) is 45.8 Å². The molecular formula is C17H22N4O2. The molecule has 2 N–H and O–H groups in total. The normalized spacial score (nSPS) is 21.2. The van der Waals surface area contributed by atoms with Gasteiger partial charge in [0.2, 0.25) is 0 Å². The number of anilines is 1. The van der Waals surface area contributed by atoms with E-state index in [-0.39, 0.29) is 12.5 Å². The van der Waals surface area contributed by atoms with E-state index in [1.807, 2.05) is 37.5 Å². The van der Waals surface area contributed by atoms with Crippen LogP contribution in [0.4, 0.5) is 5.82 Å². The molecule has 6 heteroatoms. The minimum Gasteiger partial charge on any atom is -0.386 e. The summed E-state index contributed by atoms with van der Waals surface area (Å²) < 4.78 is 1.76. The molecule has 3 rings (SSSR count). The van der Waals surface area contributed by atoms with Gasteiger partial charge in [-0.1, -0.05) is 6.07 Å². The van der Waals surface area contributed by atoms with Gasteiger partial charge in [0.25, 0.3) is 5.91 Å². The van der Waals surface area contributed by atoms with Gasteiger partial charge in [0, 0.05) is 39.1 Å². The first-order valence-electron chi connectivity index (χ1n) is 7.85. The number of piperidine rings is 1. The fourth-order valence-electron chi connectivity index (χ4n) is 3.03. The maximum absolute atomic E-state index is 12.2. The maximum Gasteiger partial charge on any atom is 0.267 e. The Balaban J connectivity index is 1.62. The second-order valence-electron chi connectivity index (χ2n) is 6.12. The molecule has 1 fully saturated rings. The molecule has 0 radical (unpaired) electrons. The summed E-state index contributed by atoms with van der Waals surface area (Å²) in [5.41, 5.74) is -0.345. The molecular weight excluding hydrogens is 292 g/mol. The monoisotopic (exact) mass is 314 g/mol. The minimum atomic E-state index is -0.934. The molecule has 0 spiro atoms. The lowest BCUT2D eigenvalue weighted by atomic mass is 9.92. The number of amides is 1. The summed E-state index contributed by atoms with van der Waals surface area (Å²) in [6.45, 7) is 1.57. The number of pyridine rings is 1. The summed E-state index contributed by atoms with van der Waals surface area (Å²) >= 11 is 0. The van der Waals surface area contributed by atoms with Crippen LogP contribution in [0.15, 0.2) is 42.7 Å². The molecule has 0 unspecified atom stereocenters. The van der Waals surface area contributed by atoms with E-state index in [1.54, 1.807) is 16.8 Å². The van der Waals surface area contributed by atoms with Crippen LogP contribution in [0.5, 0.6) is 0 Å². The number of aryl methyl sites for hydroxylation is 1. The van der Waals surface area contributed by atoms with Crippen LogP contribution >= 0.6 is 0 Å². The van der Waals surface area contributed by atoms with Gasteiger partial charge in [0.05, 0.1) is 5.60 Å². The van der Waals surface area contributed by atoms with E-state index < -0.39 is 5.60 Å². The number of carbonyl (C=O) groups is 1. The van der Waals surface area contributed by atoms with Crippen LogP contribution in [0, 0.1) is 0 Å². The number of aliphatic hydroxyl groups is 1. The molecule has 1 saturated heterocycles. The van der Waals surface area contributed by atoms with Crippen molar-refractivity contribution in [1.29, 1.82) is 0 Å². The zero-order valence-corrected chi connectivity index (χ0v) is 13.3. The molecule has 3 heterocycles. The highest BCUT2D eigenvalue weighted by atomic mass is 16.3. The number of rotatable bonds is 4. The first kappa shape index (κ1) is 15.6. The maximum atomic E-state index is 12.2. The van der Waals surface area contributed by atoms with E-state index in [9.17, 15) is 9.90 Å². The Bertz CT molecular complexity index is 670. The standard InChI is InChI=1S/C17H22N4O2/c1-20-10-4-6-14(20)16(22)19-12-17(23)8-5-11-21(13-17)15-7-2-3-9-18-15/h2-4,6-7,9-10,23H,5,8,11-13H2,1H3,(H,19,22)/t17-/m1/s1. The molecule has 122 valence electrons. The minimum absolute atomic E-state index is 0.166. The second kappa shape index (κ2) is 6.42. The van der Waals surface area contributed by atoms with Crippen molar-refractivity contribution in [2.45, 2.75) is 18.4 Å². The largest absolute Gasteiger partial charge is 0.386 e. The molecule has 2 aromatic heterocycles. The van der Waals surface area contributed by atoms with Gasteiger partial charge in [-0.15, -0.1) is 0 Å². The van der Waals surface area contributed by atoms with E-state index >= 15 is 0 Å². The van der Waals surface area contributed by atoms with Crippen LogP contribution in [0.1, 0.15) is 23.3 Å². The Kier molecular flexibility index (Phi) is 4.34. The third kappa shape index (κ3) is 3.53. The van der Waals surface area contributed by atoms with Crippen molar-refractivity contribution in [1.82, 2.24) is 14.9 Å². The Morgan fingerprint density at radius 2 is 2.26 bits per heavy atom. The highest BCUT2D eigenvalue weighted by Crippen LogP contribution is 2.24. The van der Waals surface area contributed by atoms with Crippen molar-refractivity contribution >= 4 is 11.7 Å². The van der Waals surface area contributed by atoms with Gasteiger partial charge in [-0.2, -0.15) is 0 Å². The summed E-state index contributed by atoms with van der Waals surface area (Å²) in [4.78, 5) is 18.6. The van der Waals surface area contributed by atoms with Crippen LogP contribution < -0.4 is 10.2 Å². The van der Waals surface area contributed by atoms with Crippen molar-refractivity contribution in [3.63, 3.8) is 0 Å². The number of carbonyl (C=O) groups excluding carboxylic acids is 1. The average molecular weight is 314 g/mol. The van der Waals surface area contributed by atoms with E-state index in [0.717, 1.165) is 18.8 Å². The summed E-state index contributed by atoms with van der Waals surface area (Å²) in [6.07, 6.45) is 5.12. The molecule has 2 aromatic rings. The predicted octanol–water partition coefficient (Wildman–Crippen LogP) is 1.18. The highest BCUT2D eigenvalue weighted by molar-refractivity contribution is 5.92. The highest BCUT2D eigenvalue weighted by Gasteiger charge is 2.34. The van der Waals surface area contributed by atoms with Gasteiger partial charge >= 0.3 is 0 Å². The SMILES string of the molecule is Cn1cccc1C(=O)NC[C@]1(O)CCCN(c2ccccn2)C1. The molecule has 1 atom stereocenters. The lowest BCUT2D eigenvalue weighted by Gasteiger charge is -2.39. The fraction of sp³-hybridized carbons (Fsp3) is 0.412. The summed E-state index contributed by atoms with van der Waals surface area (Å²) in [5.74, 6) is 0.695. The number of aromatic nitrogens is 2. The molecule has 0 aliphatic carbocycles. The zero-order valence-electron chi connectivity index (χ0n) is 13.3. The third-order valence-electron chi connectivity index (χ3n) is 4.28. The van der Waals surface area contributed by atoms with Gasteiger partial charge in [0.15, 0.2) is 0 Å². The Morgan fingerprint density at radius 1 is 1.39 bits per heavy atom. The molecule has 0 aromatic carbocycles. The van der Waals surface area contributed by atoms with Gasteiger partial charge in [-0.05, 0) is 37.1 Å². The molecule has 1 amide bonds. The second-order valence-corrected chi connectivity index (χ2v) is 6.12. The lowest BCUT2D eigenvalue weighted by molar-refractivity contribution is 0.0253. The summed E-state index contributed by atoms with van der Waals surface area (Å²) in [7, 11) is 1.83. The van der Waals surface area contributed by atoms with Gasteiger partial charge in [-0.25, -0.2) is 4.98 Å². The van der Waals surface area contributed by atoms with Crippen molar-refractivity contribution in [3.05, 3.63) is 48.4 Å². The van der Waals surface area contributed by atoms with Crippen LogP contribution in [0.25, 0.3) is 0 Å². The van der Waals surface area contributed by atoms with E-state index in [2.05, 4.69) is 15.2 Å². The molecule has 0 saturated carbocycles. The van der Waals surface area contributed by atoms with Gasteiger partial charge in [0.1, 0.15) is 11.5 Å². The van der Waals surface area contributed by atoms with E-state index in [1.165, 1.54) is 0 Å². The first-order valence-corrected chi connectivity index (χ1v) is 7.85.